The van der Waals surface area contributed by atoms with E-state index < -0.39 is 104 Å². The molecule has 0 unspecified atom stereocenters. The van der Waals surface area contributed by atoms with Crippen LogP contribution in [-0.4, -0.2) is 128 Å². The average Bonchev–Trinajstić information content (AvgIpc) is 2.77. The molecule has 0 spiro atoms. The third-order valence-corrected chi connectivity index (χ3v) is 6.07. The van der Waals surface area contributed by atoms with Gasteiger partial charge in [-0.15, -0.1) is 0 Å². The number of rotatable bonds is 9. The Morgan fingerprint density at radius 1 is 1.03 bits per heavy atom. The number of nitrogens with one attached hydrogen (secondary N) is 3. The number of aliphatic carboxylic acids is 1. The van der Waals surface area contributed by atoms with Crippen LogP contribution in [0.1, 0.15) is 34.1 Å². The van der Waals surface area contributed by atoms with E-state index in [1.54, 1.807) is 0 Å². The fourth-order valence-corrected chi connectivity index (χ4v) is 4.41. The van der Waals surface area contributed by atoms with Crippen LogP contribution >= 0.6 is 0 Å². The fraction of sp³-hybridized carbons (Fsp3) is 0.810. The van der Waals surface area contributed by atoms with Gasteiger partial charge in [0.05, 0.1) is 30.9 Å². The van der Waals surface area contributed by atoms with Crippen molar-refractivity contribution in [2.24, 2.45) is 0 Å². The van der Waals surface area contributed by atoms with Crippen LogP contribution < -0.4 is 16.0 Å². The topological polar surface area (TPSA) is 253 Å². The molecular formula is C21H35N3O13. The van der Waals surface area contributed by atoms with Crippen molar-refractivity contribution in [2.45, 2.75) is 101 Å². The lowest BCUT2D eigenvalue weighted by Gasteiger charge is -2.49. The molecular weight excluding hydrogens is 502 g/mol. The second kappa shape index (κ2) is 12.4. The quantitative estimate of drug-likeness (QED) is 0.134. The molecule has 16 heteroatoms. The molecule has 0 aromatic heterocycles. The van der Waals surface area contributed by atoms with Crippen molar-refractivity contribution in [1.82, 2.24) is 16.0 Å². The molecule has 2 heterocycles. The molecule has 9 N–H and O–H groups in total. The van der Waals surface area contributed by atoms with E-state index in [1.807, 2.05) is 0 Å². The average molecular weight is 538 g/mol. The first-order chi connectivity index (χ1) is 17.1. The van der Waals surface area contributed by atoms with Gasteiger partial charge >= 0.3 is 5.97 Å². The maximum atomic E-state index is 12.1. The van der Waals surface area contributed by atoms with Crippen LogP contribution in [0, 0.1) is 0 Å². The van der Waals surface area contributed by atoms with Crippen LogP contribution in [0.15, 0.2) is 0 Å². The van der Waals surface area contributed by atoms with Crippen molar-refractivity contribution in [1.29, 1.82) is 0 Å². The molecule has 2 saturated heterocycles. The molecule has 0 radical (unpaired) electrons. The zero-order chi connectivity index (χ0) is 28.2. The Bertz CT molecular complexity index is 858. The molecule has 37 heavy (non-hydrogen) atoms. The van der Waals surface area contributed by atoms with Gasteiger partial charge in [-0.1, -0.05) is 0 Å². The molecule has 2 aliphatic rings. The molecule has 2 fully saturated rings. The lowest BCUT2D eigenvalue weighted by atomic mass is 9.87. The predicted molar refractivity (Wildman–Crippen MR) is 119 cm³/mol. The number of aliphatic hydroxyl groups is 5. The number of hydrogen-bond donors (Lipinski definition) is 9. The van der Waals surface area contributed by atoms with Crippen LogP contribution in [0.3, 0.4) is 0 Å². The first-order valence-electron chi connectivity index (χ1n) is 11.5. The van der Waals surface area contributed by atoms with E-state index in [2.05, 4.69) is 16.0 Å². The number of carboxylic acid groups (broad SMARTS) is 1. The minimum atomic E-state index is -2.93. The van der Waals surface area contributed by atoms with Gasteiger partial charge < -0.3 is 60.8 Å². The molecule has 2 aliphatic heterocycles. The summed E-state index contributed by atoms with van der Waals surface area (Å²) in [6.45, 7) is 3.87. The van der Waals surface area contributed by atoms with Crippen LogP contribution in [0.5, 0.6) is 0 Å². The molecule has 11 atom stereocenters. The summed E-state index contributed by atoms with van der Waals surface area (Å²) in [4.78, 5) is 47.5. The SMILES string of the molecule is CC(=O)N[C@H]([C@@H]1O[C@](O)(C(=O)O)C[C@H](O[C@H]2O[C@H](CO)[C@H](O)[C@H](O)[C@H]2NC(C)=O)[C@@H]1NC(C)=O)[C@H](C)O. The van der Waals surface area contributed by atoms with Gasteiger partial charge in [0.15, 0.2) is 6.29 Å². The maximum Gasteiger partial charge on any atom is 0.364 e. The van der Waals surface area contributed by atoms with E-state index in [0.29, 0.717) is 0 Å². The standard InChI is InChI=1S/C21H35N3O13/c1-7(26)13(22-8(2)27)18-14(23-9(3)28)11(5-21(34,37-18)20(32)33)35-19-15(24-10(4)29)17(31)16(30)12(6-25)36-19/h7,11-19,25-26,30-31,34H,5-6H2,1-4H3,(H,22,27)(H,23,28)(H,24,29)(H,32,33)/t7-,11-,12+,13-,14-,15+,16-,17+,18-,19-,21-/m0/s1. The summed E-state index contributed by atoms with van der Waals surface area (Å²) in [7, 11) is 0. The van der Waals surface area contributed by atoms with Crippen molar-refractivity contribution < 1.29 is 64.0 Å². The van der Waals surface area contributed by atoms with Gasteiger partial charge in [-0.05, 0) is 6.92 Å². The number of carboxylic acids is 1. The number of carbonyl (C=O) groups excluding carboxylic acids is 3. The van der Waals surface area contributed by atoms with E-state index in [9.17, 15) is 49.8 Å². The Kier molecular flexibility index (Phi) is 10.3. The third-order valence-electron chi connectivity index (χ3n) is 6.07. The second-order valence-corrected chi connectivity index (χ2v) is 9.18. The predicted octanol–water partition coefficient (Wildman–Crippen LogP) is -4.73. The van der Waals surface area contributed by atoms with Gasteiger partial charge in [0.25, 0.3) is 5.79 Å². The van der Waals surface area contributed by atoms with Crippen LogP contribution in [0.2, 0.25) is 0 Å². The summed E-state index contributed by atoms with van der Waals surface area (Å²) >= 11 is 0. The first kappa shape index (κ1) is 30.8. The van der Waals surface area contributed by atoms with Gasteiger partial charge in [0, 0.05) is 27.2 Å². The van der Waals surface area contributed by atoms with Gasteiger partial charge in [0.1, 0.15) is 30.5 Å². The summed E-state index contributed by atoms with van der Waals surface area (Å²) < 4.78 is 16.8. The Morgan fingerprint density at radius 2 is 1.59 bits per heavy atom. The minimum absolute atomic E-state index is 0.637. The molecule has 3 amide bonds. The molecule has 0 aromatic rings. The summed E-state index contributed by atoms with van der Waals surface area (Å²) in [5.41, 5.74) is 0. The van der Waals surface area contributed by atoms with E-state index in [1.165, 1.54) is 6.92 Å². The van der Waals surface area contributed by atoms with Crippen molar-refractivity contribution in [3.63, 3.8) is 0 Å². The van der Waals surface area contributed by atoms with Gasteiger partial charge in [-0.25, -0.2) is 4.79 Å². The lowest BCUT2D eigenvalue weighted by molar-refractivity contribution is -0.324. The molecule has 2 rings (SSSR count). The van der Waals surface area contributed by atoms with E-state index in [0.717, 1.165) is 20.8 Å². The van der Waals surface area contributed by atoms with Crippen LogP contribution in [-0.2, 0) is 33.4 Å². The maximum absolute atomic E-state index is 12.1. The second-order valence-electron chi connectivity index (χ2n) is 9.18. The highest BCUT2D eigenvalue weighted by molar-refractivity contribution is 5.77. The van der Waals surface area contributed by atoms with Crippen molar-refractivity contribution in [2.75, 3.05) is 6.61 Å². The number of ether oxygens (including phenoxy) is 3. The van der Waals surface area contributed by atoms with E-state index >= 15 is 0 Å². The normalized spacial score (nSPS) is 37.6. The summed E-state index contributed by atoms with van der Waals surface area (Å²) in [5, 5.41) is 68.4. The smallest absolute Gasteiger partial charge is 0.364 e. The highest BCUT2D eigenvalue weighted by atomic mass is 16.7. The number of carbonyl (C=O) groups is 4. The summed E-state index contributed by atoms with van der Waals surface area (Å²) in [5.74, 6) is -6.70. The Labute approximate surface area is 211 Å². The highest BCUT2D eigenvalue weighted by Crippen LogP contribution is 2.34. The highest BCUT2D eigenvalue weighted by Gasteiger charge is 2.56. The zero-order valence-corrected chi connectivity index (χ0v) is 20.7. The Hall–Kier alpha value is -2.44. The van der Waals surface area contributed by atoms with Gasteiger partial charge in [0.2, 0.25) is 17.7 Å². The van der Waals surface area contributed by atoms with Gasteiger partial charge in [-0.2, -0.15) is 0 Å². The molecule has 0 aromatic carbocycles. The van der Waals surface area contributed by atoms with E-state index in [-0.39, 0.29) is 0 Å². The monoisotopic (exact) mass is 537 g/mol. The van der Waals surface area contributed by atoms with Crippen LogP contribution in [0.4, 0.5) is 0 Å². The molecule has 0 aliphatic carbocycles. The van der Waals surface area contributed by atoms with E-state index in [4.69, 9.17) is 14.2 Å². The largest absolute Gasteiger partial charge is 0.477 e. The molecule has 0 bridgehead atoms. The lowest BCUT2D eigenvalue weighted by Crippen LogP contribution is -2.71. The Balaban J connectivity index is 2.55. The van der Waals surface area contributed by atoms with Crippen molar-refractivity contribution in [3.8, 4) is 0 Å². The molecule has 212 valence electrons. The third kappa shape index (κ3) is 7.32. The van der Waals surface area contributed by atoms with Crippen molar-refractivity contribution >= 4 is 23.7 Å². The summed E-state index contributed by atoms with van der Waals surface area (Å²) in [6, 6.07) is -4.08. The number of amides is 3. The fourth-order valence-electron chi connectivity index (χ4n) is 4.41. The van der Waals surface area contributed by atoms with Crippen LogP contribution in [0.25, 0.3) is 0 Å². The molecule has 16 nitrogen and oxygen atoms in total. The molecule has 0 saturated carbocycles. The number of hydrogen-bond acceptors (Lipinski definition) is 12. The summed E-state index contributed by atoms with van der Waals surface area (Å²) in [6.07, 6.45) is -11.6. The first-order valence-corrected chi connectivity index (χ1v) is 11.5. The van der Waals surface area contributed by atoms with Crippen molar-refractivity contribution in [3.05, 3.63) is 0 Å². The Morgan fingerprint density at radius 3 is 2.05 bits per heavy atom. The zero-order valence-electron chi connectivity index (χ0n) is 20.7. The minimum Gasteiger partial charge on any atom is -0.477 e. The number of aliphatic hydroxyl groups excluding tert-OH is 4. The van der Waals surface area contributed by atoms with Gasteiger partial charge in [-0.3, -0.25) is 14.4 Å².